The Morgan fingerprint density at radius 3 is 2.62 bits per heavy atom. The lowest BCUT2D eigenvalue weighted by Crippen LogP contribution is -2.62. The van der Waals surface area contributed by atoms with E-state index in [-0.39, 0.29) is 0 Å². The Kier molecular flexibility index (Phi) is 4.68. The van der Waals surface area contributed by atoms with Crippen LogP contribution >= 0.6 is 11.6 Å². The van der Waals surface area contributed by atoms with Crippen molar-refractivity contribution in [3.05, 3.63) is 47.5 Å². The van der Waals surface area contributed by atoms with E-state index in [1.165, 1.54) is 37.7 Å². The molecule has 3 rings (SSSR count). The maximum atomic E-state index is 6.13. The Bertz CT molecular complexity index is 479. The zero-order valence-electron chi connectivity index (χ0n) is 12.7. The summed E-state index contributed by atoms with van der Waals surface area (Å²) in [7, 11) is 0. The van der Waals surface area contributed by atoms with Gasteiger partial charge in [0, 0.05) is 36.2 Å². The van der Waals surface area contributed by atoms with Crippen molar-refractivity contribution in [2.45, 2.75) is 43.7 Å². The highest BCUT2D eigenvalue weighted by molar-refractivity contribution is 6.29. The topological polar surface area (TPSA) is 15.3 Å². The van der Waals surface area contributed by atoms with E-state index in [1.54, 1.807) is 0 Å². The molecule has 0 bridgehead atoms. The van der Waals surface area contributed by atoms with Gasteiger partial charge in [0.1, 0.15) is 0 Å². The number of benzene rings is 1. The first-order chi connectivity index (χ1) is 10.2. The highest BCUT2D eigenvalue weighted by Crippen LogP contribution is 2.36. The summed E-state index contributed by atoms with van der Waals surface area (Å²) in [5, 5.41) is 4.61. The van der Waals surface area contributed by atoms with E-state index in [1.807, 2.05) is 0 Å². The van der Waals surface area contributed by atoms with Crippen LogP contribution in [0.1, 0.15) is 43.7 Å². The van der Waals surface area contributed by atoms with Crippen LogP contribution in [0.15, 0.2) is 41.9 Å². The van der Waals surface area contributed by atoms with Gasteiger partial charge < -0.3 is 5.32 Å². The van der Waals surface area contributed by atoms with Crippen molar-refractivity contribution in [2.24, 2.45) is 0 Å². The Morgan fingerprint density at radius 2 is 1.95 bits per heavy atom. The first-order valence-corrected chi connectivity index (χ1v) is 8.44. The van der Waals surface area contributed by atoms with Gasteiger partial charge >= 0.3 is 0 Å². The molecule has 1 spiro atoms. The molecule has 1 saturated carbocycles. The molecule has 1 unspecified atom stereocenters. The van der Waals surface area contributed by atoms with Crippen molar-refractivity contribution in [3.8, 4) is 0 Å². The van der Waals surface area contributed by atoms with Crippen LogP contribution in [0.4, 0.5) is 0 Å². The number of hydrogen-bond acceptors (Lipinski definition) is 2. The molecular formula is C18H25ClN2. The highest BCUT2D eigenvalue weighted by atomic mass is 35.5. The first kappa shape index (κ1) is 15.1. The molecule has 2 fully saturated rings. The summed E-state index contributed by atoms with van der Waals surface area (Å²) in [5.74, 6) is 0. The van der Waals surface area contributed by atoms with Crippen molar-refractivity contribution in [1.29, 1.82) is 0 Å². The van der Waals surface area contributed by atoms with E-state index >= 15 is 0 Å². The third kappa shape index (κ3) is 3.50. The molecule has 0 radical (unpaired) electrons. The van der Waals surface area contributed by atoms with Gasteiger partial charge in [0.05, 0.1) is 0 Å². The maximum Gasteiger partial charge on any atom is 0.0477 e. The van der Waals surface area contributed by atoms with Crippen LogP contribution < -0.4 is 5.32 Å². The lowest BCUT2D eigenvalue weighted by Gasteiger charge is -2.50. The Balaban J connectivity index is 1.80. The van der Waals surface area contributed by atoms with Crippen molar-refractivity contribution in [2.75, 3.05) is 19.6 Å². The maximum absolute atomic E-state index is 6.13. The van der Waals surface area contributed by atoms with Gasteiger partial charge in [0.2, 0.25) is 0 Å². The average molecular weight is 305 g/mol. The third-order valence-electron chi connectivity index (χ3n) is 4.99. The molecule has 1 aliphatic carbocycles. The SMILES string of the molecule is C=C(Cl)CN1CC2(CCCCC2)NCC1c1ccccc1. The number of hydrogen-bond donors (Lipinski definition) is 1. The van der Waals surface area contributed by atoms with Crippen LogP contribution in [0.2, 0.25) is 0 Å². The summed E-state index contributed by atoms with van der Waals surface area (Å²) in [4.78, 5) is 2.52. The molecule has 0 aromatic heterocycles. The molecule has 1 saturated heterocycles. The normalized spacial score (nSPS) is 25.9. The largest absolute Gasteiger partial charge is 0.308 e. The van der Waals surface area contributed by atoms with Crippen LogP contribution in [0.25, 0.3) is 0 Å². The molecule has 2 nitrogen and oxygen atoms in total. The van der Waals surface area contributed by atoms with Gasteiger partial charge in [-0.05, 0) is 18.4 Å². The number of nitrogens with one attached hydrogen (secondary N) is 1. The molecule has 21 heavy (non-hydrogen) atoms. The minimum absolute atomic E-state index is 0.301. The second-order valence-electron chi connectivity index (χ2n) is 6.57. The standard InChI is InChI=1S/C18H25ClN2/c1-15(19)13-21-14-18(10-6-3-7-11-18)20-12-17(21)16-8-4-2-5-9-16/h2,4-5,8-9,17,20H,1,3,6-7,10-14H2. The minimum atomic E-state index is 0.301. The van der Waals surface area contributed by atoms with Gasteiger partial charge in [0.15, 0.2) is 0 Å². The van der Waals surface area contributed by atoms with E-state index in [0.29, 0.717) is 11.6 Å². The molecule has 1 atom stereocenters. The molecule has 114 valence electrons. The quantitative estimate of drug-likeness (QED) is 0.905. The zero-order valence-corrected chi connectivity index (χ0v) is 13.4. The Morgan fingerprint density at radius 1 is 1.24 bits per heavy atom. The van der Waals surface area contributed by atoms with Crippen molar-refractivity contribution >= 4 is 11.6 Å². The van der Waals surface area contributed by atoms with Crippen LogP contribution in [0.3, 0.4) is 0 Å². The van der Waals surface area contributed by atoms with Gasteiger partial charge in [-0.3, -0.25) is 4.90 Å². The van der Waals surface area contributed by atoms with Crippen LogP contribution in [0.5, 0.6) is 0 Å². The second-order valence-corrected chi connectivity index (χ2v) is 7.11. The second kappa shape index (κ2) is 6.51. The molecule has 1 aromatic carbocycles. The predicted octanol–water partition coefficient (Wildman–Crippen LogP) is 4.09. The van der Waals surface area contributed by atoms with Gasteiger partial charge in [0.25, 0.3) is 0 Å². The minimum Gasteiger partial charge on any atom is -0.308 e. The molecule has 3 heteroatoms. The summed E-state index contributed by atoms with van der Waals surface area (Å²) in [5.41, 5.74) is 1.67. The Hall–Kier alpha value is -0.830. The number of piperazine rings is 1. The van der Waals surface area contributed by atoms with E-state index in [4.69, 9.17) is 11.6 Å². The number of halogens is 1. The lowest BCUT2D eigenvalue weighted by atomic mass is 9.79. The van der Waals surface area contributed by atoms with Crippen LogP contribution in [-0.2, 0) is 0 Å². The highest BCUT2D eigenvalue weighted by Gasteiger charge is 2.40. The fraction of sp³-hybridized carbons (Fsp3) is 0.556. The summed E-state index contributed by atoms with van der Waals surface area (Å²) in [6.45, 7) is 6.79. The molecule has 1 heterocycles. The summed E-state index contributed by atoms with van der Waals surface area (Å²) in [6.07, 6.45) is 6.66. The van der Waals surface area contributed by atoms with Gasteiger partial charge in [-0.15, -0.1) is 0 Å². The Labute approximate surface area is 133 Å². The third-order valence-corrected chi connectivity index (χ3v) is 5.11. The van der Waals surface area contributed by atoms with E-state index in [0.717, 1.165) is 24.7 Å². The van der Waals surface area contributed by atoms with E-state index in [2.05, 4.69) is 47.1 Å². The fourth-order valence-electron chi connectivity index (χ4n) is 3.95. The fourth-order valence-corrected chi connectivity index (χ4v) is 4.10. The summed E-state index contributed by atoms with van der Waals surface area (Å²) >= 11 is 6.13. The first-order valence-electron chi connectivity index (χ1n) is 8.06. The van der Waals surface area contributed by atoms with Gasteiger partial charge in [-0.2, -0.15) is 0 Å². The van der Waals surface area contributed by atoms with Crippen LogP contribution in [0, 0.1) is 0 Å². The van der Waals surface area contributed by atoms with Crippen molar-refractivity contribution < 1.29 is 0 Å². The molecule has 1 aromatic rings. The molecule has 1 N–H and O–H groups in total. The lowest BCUT2D eigenvalue weighted by molar-refractivity contribution is 0.0635. The zero-order chi connectivity index (χ0) is 14.7. The van der Waals surface area contributed by atoms with Crippen LogP contribution in [-0.4, -0.2) is 30.1 Å². The molecular weight excluding hydrogens is 280 g/mol. The van der Waals surface area contributed by atoms with Gasteiger partial charge in [-0.1, -0.05) is 67.8 Å². The monoisotopic (exact) mass is 304 g/mol. The predicted molar refractivity (Wildman–Crippen MR) is 89.6 cm³/mol. The summed E-state index contributed by atoms with van der Waals surface area (Å²) in [6, 6.07) is 11.1. The van der Waals surface area contributed by atoms with Gasteiger partial charge in [-0.25, -0.2) is 0 Å². The summed E-state index contributed by atoms with van der Waals surface area (Å²) < 4.78 is 0. The number of nitrogens with zero attached hydrogens (tertiary/aromatic N) is 1. The molecule has 1 aliphatic heterocycles. The molecule has 2 aliphatic rings. The van der Waals surface area contributed by atoms with Crippen molar-refractivity contribution in [1.82, 2.24) is 10.2 Å². The van der Waals surface area contributed by atoms with E-state index in [9.17, 15) is 0 Å². The molecule has 0 amide bonds. The smallest absolute Gasteiger partial charge is 0.0477 e. The van der Waals surface area contributed by atoms with Crippen molar-refractivity contribution in [3.63, 3.8) is 0 Å². The van der Waals surface area contributed by atoms with E-state index < -0.39 is 0 Å². The number of rotatable bonds is 3. The average Bonchev–Trinajstić information content (AvgIpc) is 2.48.